The van der Waals surface area contributed by atoms with Crippen molar-refractivity contribution in [2.75, 3.05) is 23.8 Å². The molecule has 0 atom stereocenters. The van der Waals surface area contributed by atoms with Crippen LogP contribution in [0.25, 0.3) is 0 Å². The van der Waals surface area contributed by atoms with Crippen LogP contribution < -0.4 is 9.64 Å². The Morgan fingerprint density at radius 2 is 1.89 bits per heavy atom. The average molecular weight is 403 g/mol. The van der Waals surface area contributed by atoms with Crippen LogP contribution in [0.2, 0.25) is 0 Å². The molecule has 0 aliphatic carbocycles. The summed E-state index contributed by atoms with van der Waals surface area (Å²) in [6.07, 6.45) is 0. The summed E-state index contributed by atoms with van der Waals surface area (Å²) in [6.45, 7) is 6.55. The van der Waals surface area contributed by atoms with Gasteiger partial charge >= 0.3 is 0 Å². The lowest BCUT2D eigenvalue weighted by Gasteiger charge is -2.22. The van der Waals surface area contributed by atoms with Crippen LogP contribution in [0, 0.1) is 6.92 Å². The molecule has 1 aliphatic heterocycles. The summed E-state index contributed by atoms with van der Waals surface area (Å²) >= 11 is 0. The van der Waals surface area contributed by atoms with Crippen molar-refractivity contribution in [1.29, 1.82) is 0 Å². The van der Waals surface area contributed by atoms with Gasteiger partial charge in [-0.2, -0.15) is 4.31 Å². The molecule has 6 nitrogen and oxygen atoms in total. The Bertz CT molecular complexity index is 955. The van der Waals surface area contributed by atoms with E-state index >= 15 is 0 Å². The van der Waals surface area contributed by atoms with Gasteiger partial charge in [0, 0.05) is 31.3 Å². The second-order valence-electron chi connectivity index (χ2n) is 6.97. The minimum absolute atomic E-state index is 0.0507. The SMILES string of the molecule is CCS(=O)(=O)N1CCOc2ccc(CN(C(C)=O)c3ccc(C)cc3)cc2C1. The lowest BCUT2D eigenvalue weighted by Crippen LogP contribution is -2.33. The van der Waals surface area contributed by atoms with E-state index in [2.05, 4.69) is 0 Å². The molecule has 0 spiro atoms. The summed E-state index contributed by atoms with van der Waals surface area (Å²) in [5.41, 5.74) is 3.71. The number of hydrogen-bond donors (Lipinski definition) is 0. The van der Waals surface area contributed by atoms with Crippen LogP contribution in [0.5, 0.6) is 5.75 Å². The first-order valence-corrected chi connectivity index (χ1v) is 11.0. The van der Waals surface area contributed by atoms with Crippen LogP contribution in [-0.4, -0.2) is 37.5 Å². The second-order valence-corrected chi connectivity index (χ2v) is 9.22. The van der Waals surface area contributed by atoms with Gasteiger partial charge in [0.15, 0.2) is 0 Å². The predicted octanol–water partition coefficient (Wildman–Crippen LogP) is 3.09. The van der Waals surface area contributed by atoms with Gasteiger partial charge in [-0.3, -0.25) is 4.79 Å². The Labute approximate surface area is 166 Å². The third-order valence-electron chi connectivity index (χ3n) is 4.89. The number of anilines is 1. The number of sulfonamides is 1. The van der Waals surface area contributed by atoms with Gasteiger partial charge in [-0.05, 0) is 43.7 Å². The summed E-state index contributed by atoms with van der Waals surface area (Å²) in [5, 5.41) is 0. The van der Waals surface area contributed by atoms with E-state index in [0.717, 1.165) is 22.4 Å². The van der Waals surface area contributed by atoms with E-state index < -0.39 is 10.0 Å². The monoisotopic (exact) mass is 402 g/mol. The van der Waals surface area contributed by atoms with Crippen LogP contribution in [0.4, 0.5) is 5.69 Å². The van der Waals surface area contributed by atoms with E-state index in [1.807, 2.05) is 49.4 Å². The van der Waals surface area contributed by atoms with E-state index in [4.69, 9.17) is 4.74 Å². The standard InChI is InChI=1S/C21H26N2O4S/c1-4-28(25,26)22-11-12-27-21-10-7-18(13-19(21)15-22)14-23(17(3)24)20-8-5-16(2)6-9-20/h5-10,13H,4,11-12,14-15H2,1-3H3. The van der Waals surface area contributed by atoms with Crippen molar-refractivity contribution < 1.29 is 17.9 Å². The topological polar surface area (TPSA) is 66.9 Å². The number of carbonyl (C=O) groups is 1. The number of hydrogen-bond acceptors (Lipinski definition) is 4. The van der Waals surface area contributed by atoms with Crippen LogP contribution in [-0.2, 0) is 27.9 Å². The van der Waals surface area contributed by atoms with Crippen molar-refractivity contribution in [3.63, 3.8) is 0 Å². The Hall–Kier alpha value is -2.38. The maximum Gasteiger partial charge on any atom is 0.224 e. The van der Waals surface area contributed by atoms with Gasteiger partial charge in [0.1, 0.15) is 12.4 Å². The average Bonchev–Trinajstić information content (AvgIpc) is 2.89. The van der Waals surface area contributed by atoms with Crippen molar-refractivity contribution in [1.82, 2.24) is 4.31 Å². The first-order chi connectivity index (χ1) is 13.3. The molecule has 2 aromatic rings. The Kier molecular flexibility index (Phi) is 6.05. The highest BCUT2D eigenvalue weighted by atomic mass is 32.2. The summed E-state index contributed by atoms with van der Waals surface area (Å²) in [7, 11) is -3.29. The molecule has 0 unspecified atom stereocenters. The Morgan fingerprint density at radius 1 is 1.18 bits per heavy atom. The molecule has 28 heavy (non-hydrogen) atoms. The van der Waals surface area contributed by atoms with Gasteiger partial charge in [-0.25, -0.2) is 8.42 Å². The van der Waals surface area contributed by atoms with Crippen molar-refractivity contribution in [3.8, 4) is 5.75 Å². The number of nitrogens with zero attached hydrogens (tertiary/aromatic N) is 2. The predicted molar refractivity (Wildman–Crippen MR) is 110 cm³/mol. The third kappa shape index (κ3) is 4.54. The Balaban J connectivity index is 1.87. The maximum absolute atomic E-state index is 12.3. The van der Waals surface area contributed by atoms with E-state index in [0.29, 0.717) is 25.4 Å². The highest BCUT2D eigenvalue weighted by Crippen LogP contribution is 2.27. The minimum Gasteiger partial charge on any atom is -0.492 e. The molecule has 0 fully saturated rings. The Morgan fingerprint density at radius 3 is 2.54 bits per heavy atom. The van der Waals surface area contributed by atoms with Crippen LogP contribution in [0.15, 0.2) is 42.5 Å². The molecule has 0 N–H and O–H groups in total. The fraction of sp³-hybridized carbons (Fsp3) is 0.381. The number of ether oxygens (including phenoxy) is 1. The molecule has 1 amide bonds. The number of amides is 1. The molecule has 150 valence electrons. The largest absolute Gasteiger partial charge is 0.492 e. The molecule has 2 aromatic carbocycles. The smallest absolute Gasteiger partial charge is 0.224 e. The summed E-state index contributed by atoms with van der Waals surface area (Å²) in [6, 6.07) is 13.5. The highest BCUT2D eigenvalue weighted by Gasteiger charge is 2.25. The molecule has 1 heterocycles. The first kappa shape index (κ1) is 20.4. The van der Waals surface area contributed by atoms with E-state index in [1.54, 1.807) is 18.7 Å². The van der Waals surface area contributed by atoms with Gasteiger partial charge < -0.3 is 9.64 Å². The van der Waals surface area contributed by atoms with Crippen molar-refractivity contribution in [3.05, 3.63) is 59.2 Å². The molecular formula is C21H26N2O4S. The number of carbonyl (C=O) groups excluding carboxylic acids is 1. The van der Waals surface area contributed by atoms with Gasteiger partial charge in [-0.15, -0.1) is 0 Å². The molecule has 3 rings (SSSR count). The lowest BCUT2D eigenvalue weighted by molar-refractivity contribution is -0.116. The molecule has 0 bridgehead atoms. The fourth-order valence-electron chi connectivity index (χ4n) is 3.23. The van der Waals surface area contributed by atoms with Gasteiger partial charge in [-0.1, -0.05) is 23.8 Å². The van der Waals surface area contributed by atoms with Gasteiger partial charge in [0.25, 0.3) is 0 Å². The first-order valence-electron chi connectivity index (χ1n) is 9.37. The van der Waals surface area contributed by atoms with E-state index in [1.165, 1.54) is 4.31 Å². The molecule has 0 saturated heterocycles. The minimum atomic E-state index is -3.29. The number of aryl methyl sites for hydroxylation is 1. The summed E-state index contributed by atoms with van der Waals surface area (Å²) < 4.78 is 31.8. The number of rotatable bonds is 5. The zero-order valence-electron chi connectivity index (χ0n) is 16.5. The fourth-order valence-corrected chi connectivity index (χ4v) is 4.29. The van der Waals surface area contributed by atoms with Crippen LogP contribution in [0.3, 0.4) is 0 Å². The van der Waals surface area contributed by atoms with Crippen LogP contribution in [0.1, 0.15) is 30.5 Å². The van der Waals surface area contributed by atoms with E-state index in [9.17, 15) is 13.2 Å². The second kappa shape index (κ2) is 8.32. The lowest BCUT2D eigenvalue weighted by atomic mass is 10.1. The third-order valence-corrected chi connectivity index (χ3v) is 6.72. The maximum atomic E-state index is 12.3. The molecule has 0 radical (unpaired) electrons. The van der Waals surface area contributed by atoms with Crippen molar-refractivity contribution in [2.24, 2.45) is 0 Å². The molecular weight excluding hydrogens is 376 g/mol. The summed E-state index contributed by atoms with van der Waals surface area (Å²) in [4.78, 5) is 13.9. The number of benzene rings is 2. The quantitative estimate of drug-likeness (QED) is 0.771. The van der Waals surface area contributed by atoms with Gasteiger partial charge in [0.05, 0.1) is 12.3 Å². The van der Waals surface area contributed by atoms with Crippen molar-refractivity contribution >= 4 is 21.6 Å². The van der Waals surface area contributed by atoms with Crippen LogP contribution >= 0.6 is 0 Å². The highest BCUT2D eigenvalue weighted by molar-refractivity contribution is 7.89. The zero-order valence-corrected chi connectivity index (χ0v) is 17.3. The molecule has 0 saturated carbocycles. The number of fused-ring (bicyclic) bond motifs is 1. The van der Waals surface area contributed by atoms with E-state index in [-0.39, 0.29) is 18.2 Å². The van der Waals surface area contributed by atoms with Crippen molar-refractivity contribution in [2.45, 2.75) is 33.9 Å². The normalized spacial score (nSPS) is 14.7. The molecule has 1 aliphatic rings. The summed E-state index contributed by atoms with van der Waals surface area (Å²) in [5.74, 6) is 0.709. The van der Waals surface area contributed by atoms with Gasteiger partial charge in [0.2, 0.25) is 15.9 Å². The molecule has 0 aromatic heterocycles. The molecule has 7 heteroatoms. The zero-order chi connectivity index (χ0) is 20.3.